The summed E-state index contributed by atoms with van der Waals surface area (Å²) in [6.45, 7) is 2.33. The highest BCUT2D eigenvalue weighted by Gasteiger charge is 2.42. The number of rotatable bonds is 4. The molecular formula is C17H23N5O2. The van der Waals surface area contributed by atoms with Gasteiger partial charge in [-0.1, -0.05) is 0 Å². The number of amides is 2. The van der Waals surface area contributed by atoms with Crippen LogP contribution in [0.25, 0.3) is 0 Å². The van der Waals surface area contributed by atoms with Crippen molar-refractivity contribution in [1.82, 2.24) is 20.2 Å². The lowest BCUT2D eigenvalue weighted by Gasteiger charge is -2.33. The van der Waals surface area contributed by atoms with Gasteiger partial charge in [-0.2, -0.15) is 0 Å². The molecule has 4 rings (SSSR count). The van der Waals surface area contributed by atoms with Gasteiger partial charge in [0, 0.05) is 50.5 Å². The van der Waals surface area contributed by atoms with Gasteiger partial charge in [-0.25, -0.2) is 4.98 Å². The molecule has 1 aromatic heterocycles. The van der Waals surface area contributed by atoms with E-state index < -0.39 is 0 Å². The maximum Gasteiger partial charge on any atom is 0.225 e. The number of aromatic nitrogens is 2. The summed E-state index contributed by atoms with van der Waals surface area (Å²) in [5.41, 5.74) is 0. The first-order chi connectivity index (χ1) is 11.7. The van der Waals surface area contributed by atoms with E-state index in [0.29, 0.717) is 19.0 Å². The average molecular weight is 329 g/mol. The lowest BCUT2D eigenvalue weighted by atomic mass is 10.0. The molecule has 128 valence electrons. The first-order valence-electron chi connectivity index (χ1n) is 8.81. The summed E-state index contributed by atoms with van der Waals surface area (Å²) in [6.07, 6.45) is 9.51. The molecule has 2 aliphatic heterocycles. The molecule has 7 heteroatoms. The van der Waals surface area contributed by atoms with Gasteiger partial charge in [0.15, 0.2) is 0 Å². The van der Waals surface area contributed by atoms with Crippen molar-refractivity contribution in [3.05, 3.63) is 18.6 Å². The largest absolute Gasteiger partial charge is 0.355 e. The highest BCUT2D eigenvalue weighted by molar-refractivity contribution is 5.89. The maximum atomic E-state index is 12.5. The molecule has 2 amide bonds. The fourth-order valence-corrected chi connectivity index (χ4v) is 3.67. The van der Waals surface area contributed by atoms with Gasteiger partial charge in [-0.3, -0.25) is 14.6 Å². The second-order valence-electron chi connectivity index (χ2n) is 7.01. The average Bonchev–Trinajstić information content (AvgIpc) is 3.38. The molecule has 3 heterocycles. The van der Waals surface area contributed by atoms with E-state index in [0.717, 1.165) is 44.6 Å². The molecule has 1 aliphatic carbocycles. The molecule has 2 saturated heterocycles. The van der Waals surface area contributed by atoms with Crippen LogP contribution in [0.15, 0.2) is 18.6 Å². The Morgan fingerprint density at radius 1 is 1.17 bits per heavy atom. The number of anilines is 1. The molecule has 1 saturated carbocycles. The highest BCUT2D eigenvalue weighted by Crippen LogP contribution is 2.32. The number of nitrogens with zero attached hydrogens (tertiary/aromatic N) is 4. The predicted molar refractivity (Wildman–Crippen MR) is 88.3 cm³/mol. The standard InChI is InChI=1S/C17H23N5O2/c23-16-9-12(11-22(16)14-1-2-14)17(24)20-13-3-7-21(8-4-13)15-10-18-5-6-19-15/h5-6,10,12-14H,1-4,7-9,11H2,(H,20,24). The van der Waals surface area contributed by atoms with E-state index in [1.54, 1.807) is 18.6 Å². The Balaban J connectivity index is 1.26. The molecule has 0 spiro atoms. The Bertz CT molecular complexity index is 611. The Kier molecular flexibility index (Phi) is 4.08. The molecule has 3 fully saturated rings. The van der Waals surface area contributed by atoms with Crippen LogP contribution in [-0.2, 0) is 9.59 Å². The Hall–Kier alpha value is -2.18. The van der Waals surface area contributed by atoms with Crippen molar-refractivity contribution in [3.8, 4) is 0 Å². The van der Waals surface area contributed by atoms with E-state index in [1.165, 1.54) is 0 Å². The Labute approximate surface area is 141 Å². The van der Waals surface area contributed by atoms with Crippen LogP contribution in [0.4, 0.5) is 5.82 Å². The second kappa shape index (κ2) is 6.37. The Morgan fingerprint density at radius 2 is 1.96 bits per heavy atom. The van der Waals surface area contributed by atoms with Gasteiger partial charge in [0.05, 0.1) is 12.1 Å². The van der Waals surface area contributed by atoms with Crippen molar-refractivity contribution in [1.29, 1.82) is 0 Å². The van der Waals surface area contributed by atoms with Gasteiger partial charge in [-0.15, -0.1) is 0 Å². The van der Waals surface area contributed by atoms with Crippen molar-refractivity contribution in [2.45, 2.75) is 44.2 Å². The number of piperidine rings is 1. The van der Waals surface area contributed by atoms with Crippen molar-refractivity contribution in [2.24, 2.45) is 5.92 Å². The lowest BCUT2D eigenvalue weighted by Crippen LogP contribution is -2.47. The number of hydrogen-bond donors (Lipinski definition) is 1. The van der Waals surface area contributed by atoms with Gasteiger partial charge in [-0.05, 0) is 25.7 Å². The minimum atomic E-state index is -0.170. The molecule has 1 unspecified atom stereocenters. The molecule has 24 heavy (non-hydrogen) atoms. The topological polar surface area (TPSA) is 78.4 Å². The SMILES string of the molecule is O=C(NC1CCN(c2cnccn2)CC1)C1CC(=O)N(C2CC2)C1. The van der Waals surface area contributed by atoms with E-state index >= 15 is 0 Å². The molecule has 1 aromatic rings. The summed E-state index contributed by atoms with van der Waals surface area (Å²) >= 11 is 0. The van der Waals surface area contributed by atoms with E-state index in [1.807, 2.05) is 4.90 Å². The van der Waals surface area contributed by atoms with Gasteiger partial charge in [0.1, 0.15) is 5.82 Å². The van der Waals surface area contributed by atoms with Crippen LogP contribution < -0.4 is 10.2 Å². The zero-order valence-corrected chi connectivity index (χ0v) is 13.7. The van der Waals surface area contributed by atoms with Crippen molar-refractivity contribution >= 4 is 17.6 Å². The third-order valence-electron chi connectivity index (χ3n) is 5.23. The predicted octanol–water partition coefficient (Wildman–Crippen LogP) is 0.572. The van der Waals surface area contributed by atoms with Gasteiger partial charge in [0.2, 0.25) is 11.8 Å². The molecule has 1 atom stereocenters. The summed E-state index contributed by atoms with van der Waals surface area (Å²) < 4.78 is 0. The van der Waals surface area contributed by atoms with E-state index in [-0.39, 0.29) is 23.8 Å². The van der Waals surface area contributed by atoms with Crippen LogP contribution in [0.3, 0.4) is 0 Å². The van der Waals surface area contributed by atoms with Crippen molar-refractivity contribution in [2.75, 3.05) is 24.5 Å². The summed E-state index contributed by atoms with van der Waals surface area (Å²) in [6, 6.07) is 0.598. The zero-order chi connectivity index (χ0) is 16.5. The lowest BCUT2D eigenvalue weighted by molar-refractivity contribution is -0.129. The summed E-state index contributed by atoms with van der Waals surface area (Å²) in [7, 11) is 0. The van der Waals surface area contributed by atoms with Crippen LogP contribution in [0.1, 0.15) is 32.1 Å². The molecule has 3 aliphatic rings. The van der Waals surface area contributed by atoms with E-state index in [4.69, 9.17) is 0 Å². The highest BCUT2D eigenvalue weighted by atomic mass is 16.2. The van der Waals surface area contributed by atoms with Crippen molar-refractivity contribution < 1.29 is 9.59 Å². The van der Waals surface area contributed by atoms with Gasteiger partial charge < -0.3 is 15.1 Å². The minimum Gasteiger partial charge on any atom is -0.355 e. The molecule has 0 radical (unpaired) electrons. The fourth-order valence-electron chi connectivity index (χ4n) is 3.67. The number of nitrogens with one attached hydrogen (secondary N) is 1. The first kappa shape index (κ1) is 15.4. The molecular weight excluding hydrogens is 306 g/mol. The number of carbonyl (C=O) groups is 2. The summed E-state index contributed by atoms with van der Waals surface area (Å²) in [4.78, 5) is 37.0. The quantitative estimate of drug-likeness (QED) is 0.874. The zero-order valence-electron chi connectivity index (χ0n) is 13.7. The molecule has 7 nitrogen and oxygen atoms in total. The monoisotopic (exact) mass is 329 g/mol. The normalized spacial score (nSPS) is 25.2. The fraction of sp³-hybridized carbons (Fsp3) is 0.647. The minimum absolute atomic E-state index is 0.0458. The maximum absolute atomic E-state index is 12.5. The van der Waals surface area contributed by atoms with Crippen LogP contribution in [0, 0.1) is 5.92 Å². The van der Waals surface area contributed by atoms with Gasteiger partial charge >= 0.3 is 0 Å². The van der Waals surface area contributed by atoms with Gasteiger partial charge in [0.25, 0.3) is 0 Å². The molecule has 0 aromatic carbocycles. The number of hydrogen-bond acceptors (Lipinski definition) is 5. The van der Waals surface area contributed by atoms with Crippen LogP contribution in [-0.4, -0.2) is 58.4 Å². The smallest absolute Gasteiger partial charge is 0.225 e. The summed E-state index contributed by atoms with van der Waals surface area (Å²) in [5.74, 6) is 0.916. The van der Waals surface area contributed by atoms with E-state index in [9.17, 15) is 9.59 Å². The number of likely N-dealkylation sites (tertiary alicyclic amines) is 1. The van der Waals surface area contributed by atoms with Crippen LogP contribution in [0.2, 0.25) is 0 Å². The third-order valence-corrected chi connectivity index (χ3v) is 5.23. The van der Waals surface area contributed by atoms with Crippen LogP contribution >= 0.6 is 0 Å². The summed E-state index contributed by atoms with van der Waals surface area (Å²) in [5, 5.41) is 3.15. The first-order valence-corrected chi connectivity index (χ1v) is 8.81. The van der Waals surface area contributed by atoms with Crippen molar-refractivity contribution in [3.63, 3.8) is 0 Å². The molecule has 1 N–H and O–H groups in total. The number of carbonyl (C=O) groups excluding carboxylic acids is 2. The van der Waals surface area contributed by atoms with E-state index in [2.05, 4.69) is 20.2 Å². The molecule has 0 bridgehead atoms. The second-order valence-corrected chi connectivity index (χ2v) is 7.01. The Morgan fingerprint density at radius 3 is 2.62 bits per heavy atom. The van der Waals surface area contributed by atoms with Crippen LogP contribution in [0.5, 0.6) is 0 Å². The third kappa shape index (κ3) is 3.20.